The van der Waals surface area contributed by atoms with Crippen LogP contribution in [0.4, 0.5) is 0 Å². The Balaban J connectivity index is 2.73. The number of esters is 3. The summed E-state index contributed by atoms with van der Waals surface area (Å²) in [5.41, 5.74) is 0. The van der Waals surface area contributed by atoms with E-state index in [9.17, 15) is 34.5 Å². The van der Waals surface area contributed by atoms with E-state index in [1.54, 1.807) is 0 Å². The third kappa shape index (κ3) is 40.6. The molecule has 0 bridgehead atoms. The van der Waals surface area contributed by atoms with E-state index in [1.165, 1.54) is 38.5 Å². The summed E-state index contributed by atoms with van der Waals surface area (Å²) in [7, 11) is 0. The van der Waals surface area contributed by atoms with E-state index in [0.29, 0.717) is 25.7 Å². The fourth-order valence-electron chi connectivity index (χ4n) is 8.13. The van der Waals surface area contributed by atoms with Crippen molar-refractivity contribution in [3.8, 4) is 0 Å². The van der Waals surface area contributed by atoms with Gasteiger partial charge in [-0.3, -0.25) is 14.4 Å². The zero-order valence-corrected chi connectivity index (χ0v) is 46.8. The molecule has 0 aliphatic carbocycles. The van der Waals surface area contributed by atoms with Gasteiger partial charge in [-0.25, -0.2) is 4.79 Å². The van der Waals surface area contributed by atoms with Crippen molar-refractivity contribution in [2.24, 2.45) is 0 Å². The number of ether oxygens (including phenoxy) is 5. The van der Waals surface area contributed by atoms with E-state index < -0.39 is 67.3 Å². The third-order valence-electron chi connectivity index (χ3n) is 12.6. The number of aliphatic carboxylic acids is 1. The predicted octanol–water partition coefficient (Wildman–Crippen LogP) is 14.9. The normalized spacial score (nSPS) is 18.9. The van der Waals surface area contributed by atoms with Crippen LogP contribution in [0.2, 0.25) is 0 Å². The van der Waals surface area contributed by atoms with Crippen LogP contribution in [0.5, 0.6) is 0 Å². The first-order valence-electron chi connectivity index (χ1n) is 29.2. The van der Waals surface area contributed by atoms with Gasteiger partial charge in [0.25, 0.3) is 0 Å². The minimum Gasteiger partial charge on any atom is -0.479 e. The van der Waals surface area contributed by atoms with Crippen molar-refractivity contribution in [1.29, 1.82) is 0 Å². The molecule has 1 aliphatic heterocycles. The Hall–Kier alpha value is -4.36. The Morgan fingerprint density at radius 3 is 1.36 bits per heavy atom. The lowest BCUT2D eigenvalue weighted by atomic mass is 9.98. The maximum Gasteiger partial charge on any atom is 0.335 e. The summed E-state index contributed by atoms with van der Waals surface area (Å²) in [6.45, 7) is 5.74. The Morgan fingerprint density at radius 2 is 0.867 bits per heavy atom. The number of rotatable bonds is 48. The van der Waals surface area contributed by atoms with E-state index >= 15 is 0 Å². The van der Waals surface area contributed by atoms with Gasteiger partial charge in [-0.2, -0.15) is 0 Å². The first-order chi connectivity index (χ1) is 36.6. The molecule has 0 aromatic rings. The Kier molecular flexibility index (Phi) is 46.2. The molecule has 1 saturated heterocycles. The predicted molar refractivity (Wildman–Crippen MR) is 303 cm³/mol. The van der Waals surface area contributed by atoms with Gasteiger partial charge in [0.05, 0.1) is 6.61 Å². The van der Waals surface area contributed by atoms with Crippen LogP contribution in [0.15, 0.2) is 97.2 Å². The topological polar surface area (TPSA) is 175 Å². The zero-order valence-electron chi connectivity index (χ0n) is 46.8. The average molecular weight is 1050 g/mol. The minimum absolute atomic E-state index is 0.00172. The van der Waals surface area contributed by atoms with Gasteiger partial charge in [0.1, 0.15) is 18.8 Å². The quantitative estimate of drug-likeness (QED) is 0.0228. The minimum atomic E-state index is -1.92. The smallest absolute Gasteiger partial charge is 0.335 e. The van der Waals surface area contributed by atoms with Gasteiger partial charge in [-0.05, 0) is 116 Å². The van der Waals surface area contributed by atoms with Gasteiger partial charge in [0.2, 0.25) is 0 Å². The summed E-state index contributed by atoms with van der Waals surface area (Å²) < 4.78 is 28.3. The van der Waals surface area contributed by atoms with Crippen LogP contribution in [0, 0.1) is 0 Å². The Labute approximate surface area is 453 Å². The van der Waals surface area contributed by atoms with Crippen molar-refractivity contribution in [3.63, 3.8) is 0 Å². The van der Waals surface area contributed by atoms with Crippen LogP contribution >= 0.6 is 0 Å². The van der Waals surface area contributed by atoms with E-state index in [0.717, 1.165) is 122 Å². The highest BCUT2D eigenvalue weighted by Gasteiger charge is 2.50. The number of aliphatic hydroxyl groups is 2. The van der Waals surface area contributed by atoms with Crippen LogP contribution in [-0.4, -0.2) is 89.2 Å². The van der Waals surface area contributed by atoms with Gasteiger partial charge in [0, 0.05) is 19.3 Å². The maximum atomic E-state index is 13.1. The van der Waals surface area contributed by atoms with Gasteiger partial charge in [0.15, 0.2) is 24.6 Å². The highest BCUT2D eigenvalue weighted by Crippen LogP contribution is 2.26. The molecule has 75 heavy (non-hydrogen) atoms. The summed E-state index contributed by atoms with van der Waals surface area (Å²) >= 11 is 0. The molecule has 6 atom stereocenters. The summed E-state index contributed by atoms with van der Waals surface area (Å²) in [6.07, 6.45) is 53.8. The standard InChI is InChI=1S/C63H102O12/c1-4-7-10-13-16-19-22-25-27-28-30-32-34-37-40-43-46-49-55(64)71-52-54(73-56(65)50-47-44-41-38-35-31-24-21-18-15-12-9-6-3)53-72-63-61(59(68)58(67)60(75-63)62(69)70)74-57(66)51-48-45-42-39-36-33-29-26-23-20-17-14-11-8-5-2/h8,11-12,15-17,19-21,24-27,29,36,39,54,58-61,63,67-68H,4-7,9-10,13-14,18,22-23,28,30-35,37-38,40-53H2,1-3H3,(H,69,70)/b11-8-,15-12-,19-16-,20-17-,24-21-,27-25-,29-26-,39-36-. The lowest BCUT2D eigenvalue weighted by Gasteiger charge is -2.40. The molecule has 0 saturated carbocycles. The van der Waals surface area contributed by atoms with Crippen molar-refractivity contribution >= 4 is 23.9 Å². The van der Waals surface area contributed by atoms with E-state index in [1.807, 2.05) is 0 Å². The largest absolute Gasteiger partial charge is 0.479 e. The van der Waals surface area contributed by atoms with Gasteiger partial charge >= 0.3 is 23.9 Å². The van der Waals surface area contributed by atoms with Crippen molar-refractivity contribution in [1.82, 2.24) is 0 Å². The molecule has 1 fully saturated rings. The van der Waals surface area contributed by atoms with Crippen LogP contribution in [0.1, 0.15) is 226 Å². The second kappa shape index (κ2) is 50.5. The fraction of sp³-hybridized carbons (Fsp3) is 0.683. The lowest BCUT2D eigenvalue weighted by molar-refractivity contribution is -0.301. The first kappa shape index (κ1) is 68.7. The van der Waals surface area contributed by atoms with E-state index in [2.05, 4.69) is 118 Å². The molecule has 426 valence electrons. The fourth-order valence-corrected chi connectivity index (χ4v) is 8.13. The average Bonchev–Trinajstić information content (AvgIpc) is 3.39. The number of carboxylic acids is 1. The van der Waals surface area contributed by atoms with Crippen LogP contribution in [0.25, 0.3) is 0 Å². The molecule has 0 aromatic carbocycles. The number of carbonyl (C=O) groups excluding carboxylic acids is 3. The van der Waals surface area contributed by atoms with Crippen LogP contribution < -0.4 is 0 Å². The first-order valence-corrected chi connectivity index (χ1v) is 29.2. The van der Waals surface area contributed by atoms with Crippen molar-refractivity contribution in [3.05, 3.63) is 97.2 Å². The van der Waals surface area contributed by atoms with Gasteiger partial charge in [-0.1, -0.05) is 189 Å². The molecule has 12 nitrogen and oxygen atoms in total. The van der Waals surface area contributed by atoms with E-state index in [-0.39, 0.29) is 25.9 Å². The molecule has 1 heterocycles. The molecule has 0 aromatic heterocycles. The highest BCUT2D eigenvalue weighted by atomic mass is 16.7. The van der Waals surface area contributed by atoms with Crippen molar-refractivity contribution in [2.45, 2.75) is 263 Å². The van der Waals surface area contributed by atoms with Crippen LogP contribution in [0.3, 0.4) is 0 Å². The number of hydrogen-bond donors (Lipinski definition) is 3. The summed E-state index contributed by atoms with van der Waals surface area (Å²) in [5, 5.41) is 31.4. The molecule has 3 N–H and O–H groups in total. The second-order valence-corrected chi connectivity index (χ2v) is 19.5. The third-order valence-corrected chi connectivity index (χ3v) is 12.6. The SMILES string of the molecule is CC/C=C\C/C=C\C/C=C\C/C=C\CCCCC(=O)OC1C(OCC(COC(=O)CCCCCCCCC/C=C\C/C=C\CCCCC)OC(=O)CCCCCCC/C=C\C/C=C\CCC)OC(C(=O)O)C(O)C1O. The van der Waals surface area contributed by atoms with Crippen LogP contribution in [-0.2, 0) is 42.9 Å². The number of unbranched alkanes of at least 4 members (excludes halogenated alkanes) is 18. The molecule has 1 aliphatic rings. The van der Waals surface area contributed by atoms with Crippen molar-refractivity contribution in [2.75, 3.05) is 13.2 Å². The zero-order chi connectivity index (χ0) is 54.7. The summed E-state index contributed by atoms with van der Waals surface area (Å²) in [5.74, 6) is -3.21. The molecule has 12 heteroatoms. The molecule has 0 spiro atoms. The molecular formula is C63H102O12. The molecular weight excluding hydrogens is 949 g/mol. The maximum absolute atomic E-state index is 13.1. The van der Waals surface area contributed by atoms with Gasteiger partial charge in [-0.15, -0.1) is 0 Å². The molecule has 6 unspecified atom stereocenters. The monoisotopic (exact) mass is 1050 g/mol. The highest BCUT2D eigenvalue weighted by molar-refractivity contribution is 5.74. The number of allylic oxidation sites excluding steroid dienone is 16. The van der Waals surface area contributed by atoms with Crippen molar-refractivity contribution < 1.29 is 58.2 Å². The lowest BCUT2D eigenvalue weighted by Crippen LogP contribution is -2.61. The van der Waals surface area contributed by atoms with E-state index in [4.69, 9.17) is 23.7 Å². The number of carbonyl (C=O) groups is 4. The number of hydrogen-bond acceptors (Lipinski definition) is 11. The summed E-state index contributed by atoms with van der Waals surface area (Å²) in [4.78, 5) is 51.1. The molecule has 0 radical (unpaired) electrons. The number of carboxylic acid groups (broad SMARTS) is 1. The summed E-state index contributed by atoms with van der Waals surface area (Å²) in [6, 6.07) is 0. The number of aliphatic hydroxyl groups excluding tert-OH is 2. The Bertz CT molecular complexity index is 1670. The molecule has 0 amide bonds. The Morgan fingerprint density at radius 1 is 0.453 bits per heavy atom. The second-order valence-electron chi connectivity index (χ2n) is 19.5. The van der Waals surface area contributed by atoms with Gasteiger partial charge < -0.3 is 39.0 Å². The molecule has 1 rings (SSSR count).